The Morgan fingerprint density at radius 2 is 1.54 bits per heavy atom. The number of phenolic OH excluding ortho intramolecular Hbond substituents is 1. The standard InChI is InChI=1S/C31H37F6N3O4.2ClH/c1-21-5-6-22(14-28(21)41)13-26-18-38(7-3-4-8-39-11-12-44-27(19-39)20-43-2)9-10-40(26)29(42)23-15-24(30(32,33)34)17-25(16-23)31(35,36)37;;/h3-6,14-17,26-27,41H,7-13,18-20H2,1-2H3;2*1H/b4-3+;;/t26-,27+;;/m1../s1. The molecule has 2 aromatic rings. The number of hydrogen-bond donors (Lipinski definition) is 1. The Hall–Kier alpha value is -2.55. The Bertz CT molecular complexity index is 1290. The number of carbonyl (C=O) groups excluding carboxylic acids is 1. The van der Waals surface area contributed by atoms with Gasteiger partial charge in [0.2, 0.25) is 0 Å². The molecule has 7 nitrogen and oxygen atoms in total. The van der Waals surface area contributed by atoms with Crippen LogP contribution in [-0.2, 0) is 28.2 Å². The summed E-state index contributed by atoms with van der Waals surface area (Å²) in [5.74, 6) is -0.851. The van der Waals surface area contributed by atoms with Crippen molar-refractivity contribution in [3.8, 4) is 5.75 Å². The van der Waals surface area contributed by atoms with Crippen LogP contribution in [-0.4, -0.2) is 104 Å². The maximum atomic E-state index is 13.6. The van der Waals surface area contributed by atoms with Gasteiger partial charge < -0.3 is 19.5 Å². The number of phenols is 1. The molecule has 258 valence electrons. The van der Waals surface area contributed by atoms with Gasteiger partial charge in [0.15, 0.2) is 0 Å². The van der Waals surface area contributed by atoms with Gasteiger partial charge in [-0.3, -0.25) is 14.6 Å². The van der Waals surface area contributed by atoms with Crippen molar-refractivity contribution in [2.75, 3.05) is 66.1 Å². The molecule has 15 heteroatoms. The smallest absolute Gasteiger partial charge is 0.416 e. The van der Waals surface area contributed by atoms with Crippen LogP contribution in [0.1, 0.15) is 32.6 Å². The third-order valence-corrected chi connectivity index (χ3v) is 7.88. The molecule has 0 radical (unpaired) electrons. The number of rotatable bonds is 9. The first kappa shape index (κ1) is 39.6. The second kappa shape index (κ2) is 17.0. The average Bonchev–Trinajstić information content (AvgIpc) is 2.96. The lowest BCUT2D eigenvalue weighted by atomic mass is 9.98. The number of halogens is 8. The van der Waals surface area contributed by atoms with Crippen LogP contribution in [0.4, 0.5) is 26.3 Å². The van der Waals surface area contributed by atoms with Crippen molar-refractivity contribution >= 4 is 30.7 Å². The van der Waals surface area contributed by atoms with Crippen molar-refractivity contribution in [1.82, 2.24) is 14.7 Å². The first-order valence-corrected chi connectivity index (χ1v) is 14.3. The summed E-state index contributed by atoms with van der Waals surface area (Å²) in [6.45, 7) is 6.48. The zero-order valence-corrected chi connectivity index (χ0v) is 27.1. The number of nitrogens with zero attached hydrogens (tertiary/aromatic N) is 3. The van der Waals surface area contributed by atoms with Crippen LogP contribution in [0.5, 0.6) is 5.75 Å². The second-order valence-electron chi connectivity index (χ2n) is 11.2. The van der Waals surface area contributed by atoms with Gasteiger partial charge in [-0.2, -0.15) is 26.3 Å². The monoisotopic (exact) mass is 701 g/mol. The van der Waals surface area contributed by atoms with Crippen molar-refractivity contribution in [3.05, 3.63) is 76.4 Å². The summed E-state index contributed by atoms with van der Waals surface area (Å²) in [5, 5.41) is 10.2. The normalized spacial score (nSPS) is 20.0. The van der Waals surface area contributed by atoms with Crippen molar-refractivity contribution < 1.29 is 45.7 Å². The highest BCUT2D eigenvalue weighted by Gasteiger charge is 2.39. The number of hydrogen-bond acceptors (Lipinski definition) is 6. The van der Waals surface area contributed by atoms with Crippen LogP contribution in [0.15, 0.2) is 48.6 Å². The highest BCUT2D eigenvalue weighted by molar-refractivity contribution is 5.95. The van der Waals surface area contributed by atoms with E-state index < -0.39 is 41.0 Å². The van der Waals surface area contributed by atoms with Gasteiger partial charge >= 0.3 is 12.4 Å². The molecule has 0 spiro atoms. The van der Waals surface area contributed by atoms with E-state index in [4.69, 9.17) is 9.47 Å². The fourth-order valence-electron chi connectivity index (χ4n) is 5.51. The molecule has 2 aromatic carbocycles. The molecule has 4 rings (SSSR count). The van der Waals surface area contributed by atoms with Gasteiger partial charge in [0.05, 0.1) is 30.4 Å². The van der Waals surface area contributed by atoms with Gasteiger partial charge in [-0.1, -0.05) is 24.3 Å². The van der Waals surface area contributed by atoms with Crippen molar-refractivity contribution in [2.24, 2.45) is 0 Å². The van der Waals surface area contributed by atoms with Gasteiger partial charge in [-0.25, -0.2) is 0 Å². The summed E-state index contributed by atoms with van der Waals surface area (Å²) in [5.41, 5.74) is -2.41. The van der Waals surface area contributed by atoms with E-state index in [1.165, 1.54) is 4.90 Å². The number of amides is 1. The van der Waals surface area contributed by atoms with E-state index in [-0.39, 0.29) is 55.7 Å². The molecule has 0 saturated carbocycles. The highest BCUT2D eigenvalue weighted by atomic mass is 35.5. The van der Waals surface area contributed by atoms with Gasteiger partial charge in [0.1, 0.15) is 5.75 Å². The van der Waals surface area contributed by atoms with Crippen LogP contribution in [0.2, 0.25) is 0 Å². The van der Waals surface area contributed by atoms with Crippen molar-refractivity contribution in [2.45, 2.75) is 37.8 Å². The van der Waals surface area contributed by atoms with Crippen LogP contribution < -0.4 is 0 Å². The molecule has 2 heterocycles. The molecule has 0 bridgehead atoms. The number of aryl methyl sites for hydroxylation is 1. The second-order valence-corrected chi connectivity index (χ2v) is 11.2. The molecule has 1 N–H and O–H groups in total. The van der Waals surface area contributed by atoms with Crippen LogP contribution in [0.3, 0.4) is 0 Å². The minimum absolute atomic E-state index is 0. The number of ether oxygens (including phenoxy) is 2. The minimum Gasteiger partial charge on any atom is -0.508 e. The van der Waals surface area contributed by atoms with Crippen LogP contribution >= 0.6 is 24.8 Å². The SMILES string of the molecule is COC[C@@H]1CN(C/C=C/CN2CCN(C(=O)c3cc(C(F)(F)F)cc(C(F)(F)F)c3)[C@H](Cc3ccc(C)c(O)c3)C2)CCO1.Cl.Cl. The molecule has 1 amide bonds. The highest BCUT2D eigenvalue weighted by Crippen LogP contribution is 2.37. The lowest BCUT2D eigenvalue weighted by molar-refractivity contribution is -0.143. The lowest BCUT2D eigenvalue weighted by Gasteiger charge is -2.41. The number of piperazine rings is 1. The maximum Gasteiger partial charge on any atom is 0.416 e. The summed E-state index contributed by atoms with van der Waals surface area (Å²) in [6.07, 6.45) is -5.81. The van der Waals surface area contributed by atoms with Gasteiger partial charge in [-0.05, 0) is 48.7 Å². The molecule has 2 aliphatic rings. The molecule has 2 atom stereocenters. The number of benzene rings is 2. The summed E-state index contributed by atoms with van der Waals surface area (Å²) >= 11 is 0. The minimum atomic E-state index is -5.06. The lowest BCUT2D eigenvalue weighted by Crippen LogP contribution is -2.56. The maximum absolute atomic E-state index is 13.6. The van der Waals surface area contributed by atoms with E-state index in [2.05, 4.69) is 9.80 Å². The molecule has 46 heavy (non-hydrogen) atoms. The Morgan fingerprint density at radius 3 is 2.11 bits per heavy atom. The van der Waals surface area contributed by atoms with E-state index >= 15 is 0 Å². The van der Waals surface area contributed by atoms with Crippen molar-refractivity contribution in [3.63, 3.8) is 0 Å². The number of carbonyl (C=O) groups is 1. The van der Waals surface area contributed by atoms with E-state index in [0.29, 0.717) is 62.7 Å². The molecule has 0 aromatic heterocycles. The molecule has 2 aliphatic heterocycles. The van der Waals surface area contributed by atoms with Gasteiger partial charge in [-0.15, -0.1) is 24.8 Å². The summed E-state index contributed by atoms with van der Waals surface area (Å²) < 4.78 is 91.9. The summed E-state index contributed by atoms with van der Waals surface area (Å²) in [4.78, 5) is 19.3. The van der Waals surface area contributed by atoms with E-state index in [9.17, 15) is 36.2 Å². The van der Waals surface area contributed by atoms with Gasteiger partial charge in [0.25, 0.3) is 5.91 Å². The van der Waals surface area contributed by atoms with Gasteiger partial charge in [0, 0.05) is 64.5 Å². The predicted octanol–water partition coefficient (Wildman–Crippen LogP) is 5.85. The zero-order valence-electron chi connectivity index (χ0n) is 25.4. The van der Waals surface area contributed by atoms with E-state index in [1.807, 2.05) is 12.2 Å². The fraction of sp³-hybridized carbons (Fsp3) is 0.516. The largest absolute Gasteiger partial charge is 0.508 e. The Kier molecular flexibility index (Phi) is 14.7. The Morgan fingerprint density at radius 1 is 0.935 bits per heavy atom. The molecule has 0 aliphatic carbocycles. The van der Waals surface area contributed by atoms with E-state index in [1.54, 1.807) is 32.2 Å². The fourth-order valence-corrected chi connectivity index (χ4v) is 5.51. The van der Waals surface area contributed by atoms with Crippen LogP contribution in [0, 0.1) is 6.92 Å². The quantitative estimate of drug-likeness (QED) is 0.261. The predicted molar refractivity (Wildman–Crippen MR) is 166 cm³/mol. The average molecular weight is 703 g/mol. The van der Waals surface area contributed by atoms with Crippen molar-refractivity contribution in [1.29, 1.82) is 0 Å². The number of morpholine rings is 1. The molecular formula is C31H39Cl2F6N3O4. The third-order valence-electron chi connectivity index (χ3n) is 7.88. The molecule has 2 fully saturated rings. The number of alkyl halides is 6. The topological polar surface area (TPSA) is 65.5 Å². The Labute approximate surface area is 276 Å². The number of methoxy groups -OCH3 is 1. The molecular weight excluding hydrogens is 663 g/mol. The molecule has 0 unspecified atom stereocenters. The molecule has 2 saturated heterocycles. The summed E-state index contributed by atoms with van der Waals surface area (Å²) in [7, 11) is 1.63. The van der Waals surface area contributed by atoms with E-state index in [0.717, 1.165) is 13.1 Å². The summed E-state index contributed by atoms with van der Waals surface area (Å²) in [6, 6.07) is 5.45. The first-order valence-electron chi connectivity index (χ1n) is 14.3. The third kappa shape index (κ3) is 10.7. The Balaban J connectivity index is 0.00000368. The zero-order chi connectivity index (χ0) is 32.1. The number of aromatic hydroxyl groups is 1. The first-order chi connectivity index (χ1) is 20.7. The van der Waals surface area contributed by atoms with Crippen LogP contribution in [0.25, 0.3) is 0 Å².